The van der Waals surface area contributed by atoms with E-state index >= 15 is 0 Å². The molecule has 1 nitrogen and oxygen atoms in total. The lowest BCUT2D eigenvalue weighted by Gasteiger charge is -1.89. The van der Waals surface area contributed by atoms with Gasteiger partial charge in [-0.3, -0.25) is 4.98 Å². The van der Waals surface area contributed by atoms with Crippen LogP contribution in [0.2, 0.25) is 0 Å². The van der Waals surface area contributed by atoms with Gasteiger partial charge in [-0.25, -0.2) is 0 Å². The standard InChI is InChI=1S/C8H6BrNS/c1-5-2-6-3-8(9)11-7(6)4-10-5/h2-4H,1H3. The summed E-state index contributed by atoms with van der Waals surface area (Å²) in [5, 5.41) is 1.27. The summed E-state index contributed by atoms with van der Waals surface area (Å²) >= 11 is 5.15. The van der Waals surface area contributed by atoms with Crippen LogP contribution in [0.15, 0.2) is 22.1 Å². The minimum Gasteiger partial charge on any atom is -0.260 e. The van der Waals surface area contributed by atoms with Crippen molar-refractivity contribution in [1.82, 2.24) is 4.98 Å². The minimum atomic E-state index is 1.07. The van der Waals surface area contributed by atoms with Gasteiger partial charge in [0.15, 0.2) is 0 Å². The molecule has 0 fully saturated rings. The minimum absolute atomic E-state index is 1.07. The highest BCUT2D eigenvalue weighted by atomic mass is 79.9. The number of halogens is 1. The van der Waals surface area contributed by atoms with Crippen molar-refractivity contribution in [2.45, 2.75) is 6.92 Å². The molecule has 0 unspecified atom stereocenters. The van der Waals surface area contributed by atoms with Crippen LogP contribution >= 0.6 is 27.3 Å². The molecule has 0 atom stereocenters. The zero-order chi connectivity index (χ0) is 7.84. The van der Waals surface area contributed by atoms with E-state index in [0.717, 1.165) is 5.69 Å². The quantitative estimate of drug-likeness (QED) is 0.673. The zero-order valence-electron chi connectivity index (χ0n) is 5.97. The molecule has 0 amide bonds. The molecule has 2 heterocycles. The Bertz CT molecular complexity index is 394. The third kappa shape index (κ3) is 1.30. The summed E-state index contributed by atoms with van der Waals surface area (Å²) in [4.78, 5) is 4.21. The number of aromatic nitrogens is 1. The predicted octanol–water partition coefficient (Wildman–Crippen LogP) is 3.37. The Morgan fingerprint density at radius 3 is 3.09 bits per heavy atom. The van der Waals surface area contributed by atoms with Crippen molar-refractivity contribution in [2.75, 3.05) is 0 Å². The third-order valence-corrected chi connectivity index (χ3v) is 3.10. The van der Waals surface area contributed by atoms with E-state index in [9.17, 15) is 0 Å². The molecule has 0 aromatic carbocycles. The SMILES string of the molecule is Cc1cc2cc(Br)sc2cn1. The van der Waals surface area contributed by atoms with Crippen LogP contribution < -0.4 is 0 Å². The van der Waals surface area contributed by atoms with Crippen LogP contribution in [0.5, 0.6) is 0 Å². The summed E-state index contributed by atoms with van der Waals surface area (Å²) in [6, 6.07) is 4.21. The fraction of sp³-hybridized carbons (Fsp3) is 0.125. The molecule has 2 aromatic rings. The highest BCUT2D eigenvalue weighted by molar-refractivity contribution is 9.11. The Kier molecular flexibility index (Phi) is 1.69. The van der Waals surface area contributed by atoms with E-state index in [0.29, 0.717) is 0 Å². The molecule has 0 saturated heterocycles. The Morgan fingerprint density at radius 1 is 1.45 bits per heavy atom. The summed E-state index contributed by atoms with van der Waals surface area (Å²) in [5.74, 6) is 0. The molecule has 0 bridgehead atoms. The van der Waals surface area contributed by atoms with E-state index < -0.39 is 0 Å². The van der Waals surface area contributed by atoms with E-state index in [1.54, 1.807) is 11.3 Å². The largest absolute Gasteiger partial charge is 0.260 e. The topological polar surface area (TPSA) is 12.9 Å². The number of nitrogens with zero attached hydrogens (tertiary/aromatic N) is 1. The van der Waals surface area contributed by atoms with Crippen LogP contribution in [-0.2, 0) is 0 Å². The lowest BCUT2D eigenvalue weighted by atomic mass is 10.3. The number of hydrogen-bond donors (Lipinski definition) is 0. The van der Waals surface area contributed by atoms with Gasteiger partial charge in [-0.15, -0.1) is 11.3 Å². The van der Waals surface area contributed by atoms with E-state index in [4.69, 9.17) is 0 Å². The van der Waals surface area contributed by atoms with E-state index in [1.165, 1.54) is 13.9 Å². The van der Waals surface area contributed by atoms with Gasteiger partial charge in [0, 0.05) is 11.9 Å². The molecular weight excluding hydrogens is 222 g/mol. The molecule has 0 aliphatic rings. The van der Waals surface area contributed by atoms with Crippen molar-refractivity contribution >= 4 is 37.4 Å². The molecule has 11 heavy (non-hydrogen) atoms. The number of aryl methyl sites for hydroxylation is 1. The highest BCUT2D eigenvalue weighted by Gasteiger charge is 1.98. The molecule has 0 radical (unpaired) electrons. The van der Waals surface area contributed by atoms with Gasteiger partial charge in [-0.1, -0.05) is 0 Å². The monoisotopic (exact) mass is 227 g/mol. The maximum Gasteiger partial charge on any atom is 0.0711 e. The lowest BCUT2D eigenvalue weighted by Crippen LogP contribution is -1.75. The summed E-state index contributed by atoms with van der Waals surface area (Å²) in [6.07, 6.45) is 1.92. The molecule has 2 aromatic heterocycles. The Balaban J connectivity index is 2.82. The van der Waals surface area contributed by atoms with Crippen LogP contribution in [-0.4, -0.2) is 4.98 Å². The number of thiophene rings is 1. The van der Waals surface area contributed by atoms with Gasteiger partial charge in [0.2, 0.25) is 0 Å². The lowest BCUT2D eigenvalue weighted by molar-refractivity contribution is 1.23. The molecule has 0 aliphatic heterocycles. The van der Waals surface area contributed by atoms with Gasteiger partial charge < -0.3 is 0 Å². The first kappa shape index (κ1) is 7.25. The van der Waals surface area contributed by atoms with Gasteiger partial charge in [-0.05, 0) is 40.4 Å². The summed E-state index contributed by atoms with van der Waals surface area (Å²) in [5.41, 5.74) is 1.07. The van der Waals surface area contributed by atoms with Crippen molar-refractivity contribution in [2.24, 2.45) is 0 Å². The number of pyridine rings is 1. The second-order valence-electron chi connectivity index (χ2n) is 2.41. The van der Waals surface area contributed by atoms with Crippen LogP contribution in [0.4, 0.5) is 0 Å². The maximum absolute atomic E-state index is 4.21. The predicted molar refractivity (Wildman–Crippen MR) is 52.1 cm³/mol. The molecule has 0 spiro atoms. The van der Waals surface area contributed by atoms with Crippen molar-refractivity contribution in [3.8, 4) is 0 Å². The van der Waals surface area contributed by atoms with Gasteiger partial charge in [-0.2, -0.15) is 0 Å². The smallest absolute Gasteiger partial charge is 0.0711 e. The number of fused-ring (bicyclic) bond motifs is 1. The second-order valence-corrected chi connectivity index (χ2v) is 4.88. The van der Waals surface area contributed by atoms with Crippen LogP contribution in [0, 0.1) is 6.92 Å². The molecule has 3 heteroatoms. The van der Waals surface area contributed by atoms with Crippen LogP contribution in [0.1, 0.15) is 5.69 Å². The fourth-order valence-electron chi connectivity index (χ4n) is 1.02. The van der Waals surface area contributed by atoms with Crippen molar-refractivity contribution in [3.05, 3.63) is 27.8 Å². The highest BCUT2D eigenvalue weighted by Crippen LogP contribution is 2.28. The van der Waals surface area contributed by atoms with Crippen molar-refractivity contribution < 1.29 is 0 Å². The average Bonchev–Trinajstić information content (AvgIpc) is 2.27. The Morgan fingerprint density at radius 2 is 2.27 bits per heavy atom. The normalized spacial score (nSPS) is 10.7. The molecule has 0 aliphatic carbocycles. The average molecular weight is 228 g/mol. The first-order valence-electron chi connectivity index (χ1n) is 3.27. The summed E-state index contributed by atoms with van der Waals surface area (Å²) in [6.45, 7) is 2.00. The zero-order valence-corrected chi connectivity index (χ0v) is 8.37. The molecule has 0 N–H and O–H groups in total. The number of hydrogen-bond acceptors (Lipinski definition) is 2. The van der Waals surface area contributed by atoms with Gasteiger partial charge in [0.1, 0.15) is 0 Å². The molecule has 0 saturated carbocycles. The van der Waals surface area contributed by atoms with Crippen molar-refractivity contribution in [3.63, 3.8) is 0 Å². The third-order valence-electron chi connectivity index (χ3n) is 1.51. The first-order valence-corrected chi connectivity index (χ1v) is 4.88. The molecular formula is C8H6BrNS. The van der Waals surface area contributed by atoms with Crippen LogP contribution in [0.3, 0.4) is 0 Å². The van der Waals surface area contributed by atoms with Gasteiger partial charge in [0.25, 0.3) is 0 Å². The van der Waals surface area contributed by atoms with Gasteiger partial charge >= 0.3 is 0 Å². The molecule has 56 valence electrons. The first-order chi connectivity index (χ1) is 5.25. The van der Waals surface area contributed by atoms with E-state index in [1.807, 2.05) is 13.1 Å². The van der Waals surface area contributed by atoms with Crippen molar-refractivity contribution in [1.29, 1.82) is 0 Å². The Labute approximate surface area is 77.2 Å². The second kappa shape index (κ2) is 2.57. The summed E-state index contributed by atoms with van der Waals surface area (Å²) in [7, 11) is 0. The molecule has 2 rings (SSSR count). The van der Waals surface area contributed by atoms with E-state index in [-0.39, 0.29) is 0 Å². The van der Waals surface area contributed by atoms with Gasteiger partial charge in [0.05, 0.1) is 8.49 Å². The fourth-order valence-corrected chi connectivity index (χ4v) is 2.53. The number of rotatable bonds is 0. The Hall–Kier alpha value is -0.410. The van der Waals surface area contributed by atoms with Crippen LogP contribution in [0.25, 0.3) is 10.1 Å². The maximum atomic E-state index is 4.21. The summed E-state index contributed by atoms with van der Waals surface area (Å²) < 4.78 is 2.40. The van der Waals surface area contributed by atoms with E-state index in [2.05, 4.69) is 33.0 Å².